The number of unbranched alkanes of at least 4 members (excludes halogenated alkanes) is 5. The molecule has 0 aliphatic rings. The van der Waals surface area contributed by atoms with Crippen LogP contribution in [0.1, 0.15) is 38.5 Å². The molecule has 0 atom stereocenters. The summed E-state index contributed by atoms with van der Waals surface area (Å²) >= 11 is 0. The van der Waals surface area contributed by atoms with Crippen LogP contribution >= 0.6 is 10.7 Å². The van der Waals surface area contributed by atoms with Gasteiger partial charge >= 0.3 is 0 Å². The van der Waals surface area contributed by atoms with E-state index in [4.69, 9.17) is 20.2 Å². The Hall–Kier alpha value is -0.780. The summed E-state index contributed by atoms with van der Waals surface area (Å²) in [4.78, 5) is 0.0903. The maximum atomic E-state index is 11.1. The maximum Gasteiger partial charge on any atom is 0.261 e. The fraction of sp³-hybridized carbons (Fsp3) is 0.600. The predicted molar refractivity (Wildman–Crippen MR) is 84.6 cm³/mol. The Labute approximate surface area is 131 Å². The lowest BCUT2D eigenvalue weighted by Gasteiger charge is -2.06. The Kier molecular flexibility index (Phi) is 8.73. The van der Waals surface area contributed by atoms with Gasteiger partial charge in [-0.2, -0.15) is 0 Å². The lowest BCUT2D eigenvalue weighted by Crippen LogP contribution is -1.98. The first-order valence-electron chi connectivity index (χ1n) is 7.20. The lowest BCUT2D eigenvalue weighted by molar-refractivity contribution is 0.191. The van der Waals surface area contributed by atoms with Crippen molar-refractivity contribution in [1.82, 2.24) is 0 Å². The molecule has 0 saturated carbocycles. The summed E-state index contributed by atoms with van der Waals surface area (Å²) in [6, 6.07) is 6.15. The van der Waals surface area contributed by atoms with E-state index in [0.717, 1.165) is 25.9 Å². The molecule has 120 valence electrons. The quantitative estimate of drug-likeness (QED) is 0.453. The fourth-order valence-electron chi connectivity index (χ4n) is 1.94. The number of benzene rings is 1. The van der Waals surface area contributed by atoms with Crippen molar-refractivity contribution in [3.05, 3.63) is 24.3 Å². The van der Waals surface area contributed by atoms with Crippen LogP contribution in [0.5, 0.6) is 5.75 Å². The standard InChI is InChI=1S/C15H23ClO4S/c1-19-12-6-4-2-3-5-7-13-20-14-8-10-15(11-9-14)21(16,17)18/h8-11H,2-7,12-13H2,1H3. The highest BCUT2D eigenvalue weighted by atomic mass is 35.7. The Bertz CT molecular complexity index is 485. The fourth-order valence-corrected chi connectivity index (χ4v) is 2.71. The van der Waals surface area contributed by atoms with E-state index < -0.39 is 9.05 Å². The van der Waals surface area contributed by atoms with Gasteiger partial charge < -0.3 is 9.47 Å². The second kappa shape index (κ2) is 10.0. The molecule has 21 heavy (non-hydrogen) atoms. The van der Waals surface area contributed by atoms with Gasteiger partial charge in [0.05, 0.1) is 11.5 Å². The average Bonchev–Trinajstić information content (AvgIpc) is 2.45. The van der Waals surface area contributed by atoms with Crippen molar-refractivity contribution in [2.75, 3.05) is 20.3 Å². The van der Waals surface area contributed by atoms with E-state index in [-0.39, 0.29) is 4.90 Å². The highest BCUT2D eigenvalue weighted by molar-refractivity contribution is 8.13. The second-order valence-corrected chi connectivity index (χ2v) is 7.44. The summed E-state index contributed by atoms with van der Waals surface area (Å²) in [5.41, 5.74) is 0. The molecular formula is C15H23ClO4S. The van der Waals surface area contributed by atoms with Crippen LogP contribution in [0.25, 0.3) is 0 Å². The molecule has 0 aromatic heterocycles. The van der Waals surface area contributed by atoms with E-state index in [2.05, 4.69) is 0 Å². The minimum Gasteiger partial charge on any atom is -0.494 e. The first kappa shape index (κ1) is 18.3. The number of rotatable bonds is 11. The topological polar surface area (TPSA) is 52.6 Å². The minimum atomic E-state index is -3.65. The molecule has 0 unspecified atom stereocenters. The SMILES string of the molecule is COCCCCCCCCOc1ccc(S(=O)(=O)Cl)cc1. The van der Waals surface area contributed by atoms with Gasteiger partial charge in [0.1, 0.15) is 5.75 Å². The molecule has 0 fully saturated rings. The predicted octanol–water partition coefficient (Wildman–Crippen LogP) is 3.98. The summed E-state index contributed by atoms with van der Waals surface area (Å²) in [5.74, 6) is 0.666. The second-order valence-electron chi connectivity index (χ2n) is 4.87. The third-order valence-electron chi connectivity index (χ3n) is 3.12. The largest absolute Gasteiger partial charge is 0.494 e. The Morgan fingerprint density at radius 3 is 1.95 bits per heavy atom. The molecule has 1 rings (SSSR count). The Morgan fingerprint density at radius 2 is 1.43 bits per heavy atom. The lowest BCUT2D eigenvalue weighted by atomic mass is 10.1. The van der Waals surface area contributed by atoms with Gasteiger partial charge in [-0.05, 0) is 37.1 Å². The zero-order valence-electron chi connectivity index (χ0n) is 12.4. The summed E-state index contributed by atoms with van der Waals surface area (Å²) in [6.45, 7) is 1.49. The van der Waals surface area contributed by atoms with Crippen LogP contribution < -0.4 is 4.74 Å². The zero-order chi connectivity index (χ0) is 15.6. The monoisotopic (exact) mass is 334 g/mol. The van der Waals surface area contributed by atoms with Gasteiger partial charge in [-0.3, -0.25) is 0 Å². The van der Waals surface area contributed by atoms with Crippen molar-refractivity contribution in [2.45, 2.75) is 43.4 Å². The van der Waals surface area contributed by atoms with Gasteiger partial charge in [0.15, 0.2) is 0 Å². The minimum absolute atomic E-state index is 0.0903. The highest BCUT2D eigenvalue weighted by Crippen LogP contribution is 2.19. The van der Waals surface area contributed by atoms with Crippen molar-refractivity contribution in [1.29, 1.82) is 0 Å². The molecule has 0 saturated heterocycles. The molecule has 1 aromatic carbocycles. The Balaban J connectivity index is 2.10. The first-order chi connectivity index (χ1) is 10.0. The van der Waals surface area contributed by atoms with Crippen LogP contribution in [-0.4, -0.2) is 28.7 Å². The van der Waals surface area contributed by atoms with Gasteiger partial charge in [0.25, 0.3) is 9.05 Å². The smallest absolute Gasteiger partial charge is 0.261 e. The number of halogens is 1. The van der Waals surface area contributed by atoms with Crippen LogP contribution in [0.4, 0.5) is 0 Å². The third-order valence-corrected chi connectivity index (χ3v) is 4.49. The van der Waals surface area contributed by atoms with Crippen molar-refractivity contribution >= 4 is 19.7 Å². The van der Waals surface area contributed by atoms with Crippen LogP contribution in [0.15, 0.2) is 29.2 Å². The van der Waals surface area contributed by atoms with Gasteiger partial charge in [-0.25, -0.2) is 8.42 Å². The van der Waals surface area contributed by atoms with E-state index in [1.807, 2.05) is 0 Å². The van der Waals surface area contributed by atoms with Crippen molar-refractivity contribution in [3.63, 3.8) is 0 Å². The van der Waals surface area contributed by atoms with E-state index in [1.165, 1.54) is 31.4 Å². The van der Waals surface area contributed by atoms with E-state index >= 15 is 0 Å². The molecule has 0 N–H and O–H groups in total. The maximum absolute atomic E-state index is 11.1. The number of ether oxygens (including phenoxy) is 2. The van der Waals surface area contributed by atoms with Crippen molar-refractivity contribution in [3.8, 4) is 5.75 Å². The van der Waals surface area contributed by atoms with Crippen LogP contribution in [0, 0.1) is 0 Å². The molecule has 0 spiro atoms. The average molecular weight is 335 g/mol. The zero-order valence-corrected chi connectivity index (χ0v) is 14.0. The number of methoxy groups -OCH3 is 1. The molecule has 0 radical (unpaired) electrons. The third kappa shape index (κ3) is 8.29. The molecule has 0 aliphatic heterocycles. The van der Waals surface area contributed by atoms with Gasteiger partial charge in [-0.1, -0.05) is 25.7 Å². The van der Waals surface area contributed by atoms with Gasteiger partial charge in [0.2, 0.25) is 0 Å². The summed E-state index contributed by atoms with van der Waals surface area (Å²) in [7, 11) is 3.32. The molecule has 0 heterocycles. The molecule has 0 bridgehead atoms. The first-order valence-corrected chi connectivity index (χ1v) is 9.51. The Morgan fingerprint density at radius 1 is 0.905 bits per heavy atom. The number of hydrogen-bond donors (Lipinski definition) is 0. The van der Waals surface area contributed by atoms with E-state index in [9.17, 15) is 8.42 Å². The van der Waals surface area contributed by atoms with Crippen LogP contribution in [0.2, 0.25) is 0 Å². The van der Waals surface area contributed by atoms with Gasteiger partial charge in [-0.15, -0.1) is 0 Å². The van der Waals surface area contributed by atoms with Crippen LogP contribution in [-0.2, 0) is 13.8 Å². The molecule has 6 heteroatoms. The summed E-state index contributed by atoms with van der Waals surface area (Å²) in [5, 5.41) is 0. The highest BCUT2D eigenvalue weighted by Gasteiger charge is 2.08. The van der Waals surface area contributed by atoms with Crippen molar-refractivity contribution in [2.24, 2.45) is 0 Å². The summed E-state index contributed by atoms with van der Waals surface area (Å²) in [6.07, 6.45) is 6.91. The van der Waals surface area contributed by atoms with E-state index in [0.29, 0.717) is 12.4 Å². The summed E-state index contributed by atoms with van der Waals surface area (Å²) < 4.78 is 32.7. The molecule has 0 aliphatic carbocycles. The molecule has 4 nitrogen and oxygen atoms in total. The normalized spacial score (nSPS) is 11.5. The molecule has 1 aromatic rings. The van der Waals surface area contributed by atoms with Crippen LogP contribution in [0.3, 0.4) is 0 Å². The number of hydrogen-bond acceptors (Lipinski definition) is 4. The molecule has 0 amide bonds. The van der Waals surface area contributed by atoms with Gasteiger partial charge in [0, 0.05) is 24.4 Å². The van der Waals surface area contributed by atoms with Crippen molar-refractivity contribution < 1.29 is 17.9 Å². The molecular weight excluding hydrogens is 312 g/mol. The van der Waals surface area contributed by atoms with E-state index in [1.54, 1.807) is 19.2 Å².